The van der Waals surface area contributed by atoms with E-state index in [0.717, 1.165) is 16.7 Å². The summed E-state index contributed by atoms with van der Waals surface area (Å²) in [6.07, 6.45) is -4.54. The molecule has 0 saturated heterocycles. The summed E-state index contributed by atoms with van der Waals surface area (Å²) >= 11 is 0. The number of rotatable bonds is 13. The molecule has 12 nitrogen and oxygen atoms in total. The normalized spacial score (nSPS) is 13.4. The second-order valence-corrected chi connectivity index (χ2v) is 10.4. The van der Waals surface area contributed by atoms with Crippen molar-refractivity contribution in [3.63, 3.8) is 0 Å². The number of aliphatic carboxylic acids is 1. The number of primary amides is 1. The van der Waals surface area contributed by atoms with Crippen molar-refractivity contribution >= 4 is 29.6 Å². The first-order valence-corrected chi connectivity index (χ1v) is 14.2. The van der Waals surface area contributed by atoms with Crippen LogP contribution in [0, 0.1) is 0 Å². The molecule has 252 valence electrons. The third kappa shape index (κ3) is 13.6. The number of nitrogens with two attached hydrogens (primary N) is 2. The largest absolute Gasteiger partial charge is 0.508 e. The van der Waals surface area contributed by atoms with Gasteiger partial charge in [0.05, 0.1) is 6.04 Å². The van der Waals surface area contributed by atoms with E-state index in [0.29, 0.717) is 0 Å². The van der Waals surface area contributed by atoms with Gasteiger partial charge >= 0.3 is 12.1 Å². The zero-order valence-electron chi connectivity index (χ0n) is 25.2. The van der Waals surface area contributed by atoms with Crippen LogP contribution in [0.4, 0.5) is 13.2 Å². The maximum Gasteiger partial charge on any atom is 0.490 e. The standard InChI is InChI=1S/C30H35N5O5.C2HF3O2/c1-19(33-29(39)24(31)16-22-12-14-23(36)15-13-22)28(38)35-26(18-21-10-6-3-7-11-21)30(40)34-25(27(32)37)17-20-8-4-2-5-9-20;3-2(4,5)1(6)7/h2-15,19,24-26,36H,16-18,31H2,1H3,(H2,32,37)(H,33,39)(H,34,40)(H,35,38);(H,6,7)/t19-,24+,25+,26+;/m1./s1. The minimum Gasteiger partial charge on any atom is -0.508 e. The van der Waals surface area contributed by atoms with Crippen LogP contribution in [-0.2, 0) is 43.2 Å². The van der Waals surface area contributed by atoms with Crippen LogP contribution in [0.5, 0.6) is 5.75 Å². The van der Waals surface area contributed by atoms with E-state index in [4.69, 9.17) is 21.4 Å². The van der Waals surface area contributed by atoms with Crippen molar-refractivity contribution in [3.05, 3.63) is 102 Å². The van der Waals surface area contributed by atoms with Crippen LogP contribution in [0.25, 0.3) is 0 Å². The number of amides is 4. The number of carboxylic acid groups (broad SMARTS) is 1. The number of carboxylic acids is 1. The van der Waals surface area contributed by atoms with Gasteiger partial charge in [-0.1, -0.05) is 72.8 Å². The fourth-order valence-electron chi connectivity index (χ4n) is 4.07. The van der Waals surface area contributed by atoms with E-state index in [9.17, 15) is 37.5 Å². The zero-order valence-corrected chi connectivity index (χ0v) is 25.2. The SMILES string of the molecule is C[C@@H](NC(=O)[C@@H](N)Cc1ccc(O)cc1)C(=O)N[C@@H](Cc1ccccc1)C(=O)N[C@@H](Cc1ccccc1)C(N)=O.O=C(O)C(F)(F)F. The Morgan fingerprint density at radius 1 is 0.681 bits per heavy atom. The molecule has 9 N–H and O–H groups in total. The molecular weight excluding hydrogens is 623 g/mol. The number of carbonyl (C=O) groups is 5. The Bertz CT molecular complexity index is 1490. The molecule has 0 aliphatic rings. The Kier molecular flexibility index (Phi) is 14.4. The molecule has 3 aromatic carbocycles. The zero-order chi connectivity index (χ0) is 35.1. The van der Waals surface area contributed by atoms with Gasteiger partial charge < -0.3 is 37.6 Å². The lowest BCUT2D eigenvalue weighted by Gasteiger charge is -2.24. The van der Waals surface area contributed by atoms with Crippen LogP contribution >= 0.6 is 0 Å². The van der Waals surface area contributed by atoms with Gasteiger partial charge in [0.25, 0.3) is 0 Å². The second-order valence-electron chi connectivity index (χ2n) is 10.4. The lowest BCUT2D eigenvalue weighted by atomic mass is 10.0. The minimum atomic E-state index is -5.08. The average Bonchev–Trinajstić information content (AvgIpc) is 3.02. The summed E-state index contributed by atoms with van der Waals surface area (Å²) in [6.45, 7) is 1.49. The van der Waals surface area contributed by atoms with Gasteiger partial charge in [-0.05, 0) is 42.2 Å². The predicted molar refractivity (Wildman–Crippen MR) is 164 cm³/mol. The Morgan fingerprint density at radius 2 is 1.11 bits per heavy atom. The number of benzene rings is 3. The highest BCUT2D eigenvalue weighted by atomic mass is 19.4. The third-order valence-corrected chi connectivity index (χ3v) is 6.58. The van der Waals surface area contributed by atoms with E-state index in [1.165, 1.54) is 19.1 Å². The number of aromatic hydroxyl groups is 1. The highest BCUT2D eigenvalue weighted by Crippen LogP contribution is 2.13. The number of carbonyl (C=O) groups excluding carboxylic acids is 4. The molecule has 0 aliphatic heterocycles. The van der Waals surface area contributed by atoms with Crippen molar-refractivity contribution in [2.24, 2.45) is 11.5 Å². The van der Waals surface area contributed by atoms with Crippen molar-refractivity contribution < 1.29 is 47.4 Å². The summed E-state index contributed by atoms with van der Waals surface area (Å²) in [5, 5.41) is 24.5. The summed E-state index contributed by atoms with van der Waals surface area (Å²) in [5.74, 6) is -5.09. The van der Waals surface area contributed by atoms with Crippen LogP contribution in [-0.4, -0.2) is 70.2 Å². The quantitative estimate of drug-likeness (QED) is 0.142. The topological polar surface area (TPSA) is 214 Å². The van der Waals surface area contributed by atoms with Gasteiger partial charge in [-0.15, -0.1) is 0 Å². The number of phenols is 1. The molecular formula is C32H36F3N5O7. The maximum absolute atomic E-state index is 13.3. The van der Waals surface area contributed by atoms with Crippen molar-refractivity contribution in [2.45, 2.75) is 56.5 Å². The number of hydrogen-bond acceptors (Lipinski definition) is 7. The van der Waals surface area contributed by atoms with E-state index < -0.39 is 59.9 Å². The van der Waals surface area contributed by atoms with Crippen molar-refractivity contribution in [1.29, 1.82) is 0 Å². The first-order chi connectivity index (χ1) is 22.1. The van der Waals surface area contributed by atoms with Gasteiger partial charge in [0.15, 0.2) is 0 Å². The Morgan fingerprint density at radius 3 is 1.55 bits per heavy atom. The van der Waals surface area contributed by atoms with Gasteiger partial charge in [0.1, 0.15) is 23.9 Å². The smallest absolute Gasteiger partial charge is 0.490 e. The number of phenolic OH excluding ortho intramolecular Hbond substituents is 1. The number of halogens is 3. The monoisotopic (exact) mass is 659 g/mol. The minimum absolute atomic E-state index is 0.100. The van der Waals surface area contributed by atoms with Gasteiger partial charge in [-0.2, -0.15) is 13.2 Å². The Hall–Kier alpha value is -5.44. The van der Waals surface area contributed by atoms with E-state index in [2.05, 4.69) is 16.0 Å². The molecule has 0 aromatic heterocycles. The van der Waals surface area contributed by atoms with E-state index >= 15 is 0 Å². The van der Waals surface area contributed by atoms with Gasteiger partial charge in [0, 0.05) is 12.8 Å². The first-order valence-electron chi connectivity index (χ1n) is 14.2. The molecule has 3 rings (SSSR count). The molecule has 0 bridgehead atoms. The summed E-state index contributed by atoms with van der Waals surface area (Å²) in [5.41, 5.74) is 13.9. The average molecular weight is 660 g/mol. The highest BCUT2D eigenvalue weighted by Gasteiger charge is 2.38. The molecule has 0 unspecified atom stereocenters. The molecule has 0 radical (unpaired) electrons. The van der Waals surface area contributed by atoms with Crippen LogP contribution in [0.3, 0.4) is 0 Å². The van der Waals surface area contributed by atoms with Crippen LogP contribution in [0.15, 0.2) is 84.9 Å². The molecule has 3 aromatic rings. The van der Waals surface area contributed by atoms with Gasteiger partial charge in [-0.25, -0.2) is 4.79 Å². The summed E-state index contributed by atoms with van der Waals surface area (Å²) in [6, 6.07) is 20.5. The molecule has 0 saturated carbocycles. The molecule has 0 spiro atoms. The molecule has 0 aliphatic carbocycles. The molecule has 4 atom stereocenters. The number of hydrogen-bond donors (Lipinski definition) is 7. The van der Waals surface area contributed by atoms with E-state index in [1.807, 2.05) is 60.7 Å². The third-order valence-electron chi connectivity index (χ3n) is 6.58. The highest BCUT2D eigenvalue weighted by molar-refractivity contribution is 5.94. The molecule has 47 heavy (non-hydrogen) atoms. The summed E-state index contributed by atoms with van der Waals surface area (Å²) < 4.78 is 31.7. The van der Waals surface area contributed by atoms with Crippen LogP contribution in [0.2, 0.25) is 0 Å². The number of alkyl halides is 3. The molecule has 0 fully saturated rings. The molecule has 4 amide bonds. The Labute approximate surface area is 268 Å². The van der Waals surface area contributed by atoms with Crippen molar-refractivity contribution in [1.82, 2.24) is 16.0 Å². The van der Waals surface area contributed by atoms with Crippen molar-refractivity contribution in [3.8, 4) is 5.75 Å². The first kappa shape index (κ1) is 37.7. The summed E-state index contributed by atoms with van der Waals surface area (Å²) in [4.78, 5) is 60.0. The lowest BCUT2D eigenvalue weighted by Crippen LogP contribution is -2.57. The maximum atomic E-state index is 13.3. The Balaban J connectivity index is 0.000000984. The van der Waals surface area contributed by atoms with Gasteiger partial charge in [0.2, 0.25) is 23.6 Å². The molecule has 15 heteroatoms. The van der Waals surface area contributed by atoms with E-state index in [-0.39, 0.29) is 25.0 Å². The van der Waals surface area contributed by atoms with Crippen LogP contribution in [0.1, 0.15) is 23.6 Å². The predicted octanol–water partition coefficient (Wildman–Crippen LogP) is 1.34. The van der Waals surface area contributed by atoms with Gasteiger partial charge in [-0.3, -0.25) is 19.2 Å². The fraction of sp³-hybridized carbons (Fsp3) is 0.281. The molecule has 0 heterocycles. The summed E-state index contributed by atoms with van der Waals surface area (Å²) in [7, 11) is 0. The number of nitrogens with one attached hydrogen (secondary N) is 3. The van der Waals surface area contributed by atoms with Crippen molar-refractivity contribution in [2.75, 3.05) is 0 Å². The fourth-order valence-corrected chi connectivity index (χ4v) is 4.07. The van der Waals surface area contributed by atoms with E-state index in [1.54, 1.807) is 12.1 Å². The lowest BCUT2D eigenvalue weighted by molar-refractivity contribution is -0.192. The van der Waals surface area contributed by atoms with Crippen LogP contribution < -0.4 is 27.4 Å². The second kappa shape index (κ2) is 17.9.